The van der Waals surface area contributed by atoms with Crippen LogP contribution in [0.3, 0.4) is 0 Å². The van der Waals surface area contributed by atoms with Gasteiger partial charge in [-0.3, -0.25) is 4.79 Å². The van der Waals surface area contributed by atoms with Gasteiger partial charge in [-0.1, -0.05) is 37.5 Å². The first-order valence-corrected chi connectivity index (χ1v) is 5.59. The van der Waals surface area contributed by atoms with Crippen molar-refractivity contribution in [3.05, 3.63) is 42.5 Å². The fraction of sp³-hybridized carbons (Fsp3) is 0.385. The topological polar surface area (TPSA) is 50.1 Å². The number of hydrogen-bond acceptors (Lipinski definition) is 2. The number of para-hydroxylation sites is 1. The van der Waals surface area contributed by atoms with Crippen molar-refractivity contribution in [1.82, 2.24) is 0 Å². The molecule has 1 aliphatic carbocycles. The van der Waals surface area contributed by atoms with E-state index in [1.807, 2.05) is 0 Å². The Labute approximate surface area is 126 Å². The molecule has 1 N–H and O–H groups in total. The molecule has 0 radical (unpaired) electrons. The van der Waals surface area contributed by atoms with Gasteiger partial charge in [0.15, 0.2) is 0 Å². The number of benzene rings is 1. The molecular weight excluding hydrogens is 440 g/mol. The van der Waals surface area contributed by atoms with Crippen molar-refractivity contribution < 1.29 is 40.6 Å². The number of nitrogens with one attached hydrogen (secondary N) is 1. The molecule has 4 heteroatoms. The minimum atomic E-state index is -1.04. The summed E-state index contributed by atoms with van der Waals surface area (Å²) in [7, 11) is 0. The van der Waals surface area contributed by atoms with Gasteiger partial charge in [0.2, 0.25) is 6.09 Å². The molecule has 0 saturated heterocycles. The SMILES string of the molecule is [CH-]1CCCCC1.[NH-]C(=O)Oc1ccccc1.[U+2]. The zero-order valence-electron chi connectivity index (χ0n) is 9.82. The molecule has 1 aromatic carbocycles. The summed E-state index contributed by atoms with van der Waals surface area (Å²) >= 11 is 0. The van der Waals surface area contributed by atoms with E-state index in [1.165, 1.54) is 32.1 Å². The maximum absolute atomic E-state index is 10.1. The van der Waals surface area contributed by atoms with Crippen molar-refractivity contribution in [2.45, 2.75) is 32.1 Å². The third kappa shape index (κ3) is 9.26. The molecule has 90 valence electrons. The zero-order valence-corrected chi connectivity index (χ0v) is 14.0. The first kappa shape index (κ1) is 16.5. The first-order chi connectivity index (χ1) is 7.79. The second-order valence-electron chi connectivity index (χ2n) is 3.63. The molecule has 1 amide bonds. The van der Waals surface area contributed by atoms with Crippen LogP contribution in [-0.2, 0) is 0 Å². The van der Waals surface area contributed by atoms with E-state index in [-0.39, 0.29) is 31.1 Å². The molecule has 17 heavy (non-hydrogen) atoms. The van der Waals surface area contributed by atoms with E-state index in [1.54, 1.807) is 30.3 Å². The van der Waals surface area contributed by atoms with Gasteiger partial charge >= 0.3 is 31.1 Å². The van der Waals surface area contributed by atoms with Crippen LogP contribution in [-0.4, -0.2) is 6.09 Å². The maximum atomic E-state index is 10.1. The van der Waals surface area contributed by atoms with Crippen LogP contribution in [0, 0.1) is 37.5 Å². The van der Waals surface area contributed by atoms with Crippen LogP contribution in [0.1, 0.15) is 32.1 Å². The summed E-state index contributed by atoms with van der Waals surface area (Å²) < 4.78 is 4.44. The molecule has 1 saturated carbocycles. The third-order valence-corrected chi connectivity index (χ3v) is 2.27. The largest absolute Gasteiger partial charge is 2.00 e. The Morgan fingerprint density at radius 1 is 1.12 bits per heavy atom. The second kappa shape index (κ2) is 10.7. The molecule has 0 aliphatic heterocycles. The van der Waals surface area contributed by atoms with E-state index in [0.717, 1.165) is 0 Å². The van der Waals surface area contributed by atoms with Crippen molar-refractivity contribution in [2.75, 3.05) is 0 Å². The van der Waals surface area contributed by atoms with Gasteiger partial charge in [-0.2, -0.15) is 12.8 Å². The Kier molecular flexibility index (Phi) is 10.4. The van der Waals surface area contributed by atoms with Crippen molar-refractivity contribution in [3.8, 4) is 5.75 Å². The summed E-state index contributed by atoms with van der Waals surface area (Å²) in [6.07, 6.45) is 8.46. The van der Waals surface area contributed by atoms with Crippen LogP contribution >= 0.6 is 0 Å². The second-order valence-corrected chi connectivity index (χ2v) is 3.63. The van der Waals surface area contributed by atoms with Gasteiger partial charge in [0.1, 0.15) is 5.75 Å². The van der Waals surface area contributed by atoms with Gasteiger partial charge in [-0.05, 0) is 12.1 Å². The van der Waals surface area contributed by atoms with Gasteiger partial charge in [-0.15, -0.1) is 0 Å². The van der Waals surface area contributed by atoms with Crippen LogP contribution in [0.5, 0.6) is 5.75 Å². The van der Waals surface area contributed by atoms with Crippen LogP contribution in [0.2, 0.25) is 0 Å². The summed E-state index contributed by atoms with van der Waals surface area (Å²) in [6.45, 7) is 0. The molecule has 0 unspecified atom stereocenters. The van der Waals surface area contributed by atoms with Crippen molar-refractivity contribution in [3.63, 3.8) is 0 Å². The molecule has 3 nitrogen and oxygen atoms in total. The quantitative estimate of drug-likeness (QED) is 0.588. The standard InChI is InChI=1S/C7H7NO2.C6H11.U/c8-7(9)10-6-4-2-1-3-5-6;1-2-4-6-5-3-1;/h1-5H,(H2,8,9);1H,2-6H2;/q;-1;+2/p-1. The summed E-state index contributed by atoms with van der Waals surface area (Å²) in [6, 6.07) is 8.51. The molecule has 0 heterocycles. The summed E-state index contributed by atoms with van der Waals surface area (Å²) in [5, 5.41) is 0. The third-order valence-electron chi connectivity index (χ3n) is 2.27. The number of carbonyl (C=O) groups excluding carboxylic acids is 1. The average Bonchev–Trinajstić information content (AvgIpc) is 2.32. The normalized spacial score (nSPS) is 13.6. The fourth-order valence-corrected chi connectivity index (χ4v) is 1.49. The van der Waals surface area contributed by atoms with Crippen molar-refractivity contribution in [2.24, 2.45) is 0 Å². The molecule has 0 aromatic heterocycles. The van der Waals surface area contributed by atoms with Gasteiger partial charge in [0.25, 0.3) is 0 Å². The molecular formula is C13H17NO2U. The Bertz CT molecular complexity index is 288. The van der Waals surface area contributed by atoms with E-state index in [9.17, 15) is 4.79 Å². The van der Waals surface area contributed by atoms with Gasteiger partial charge in [-0.25, -0.2) is 0 Å². The average molecular weight is 457 g/mol. The predicted octanol–water partition coefficient (Wildman–Crippen LogP) is 4.39. The van der Waals surface area contributed by atoms with E-state index >= 15 is 0 Å². The summed E-state index contributed by atoms with van der Waals surface area (Å²) in [5.74, 6) is 0.405. The number of ether oxygens (including phenoxy) is 1. The number of hydrogen-bond donors (Lipinski definition) is 0. The van der Waals surface area contributed by atoms with Gasteiger partial charge in [0, 0.05) is 0 Å². The fourth-order valence-electron chi connectivity index (χ4n) is 1.49. The van der Waals surface area contributed by atoms with E-state index < -0.39 is 6.09 Å². The van der Waals surface area contributed by atoms with Crippen LogP contribution < -0.4 is 4.74 Å². The monoisotopic (exact) mass is 457 g/mol. The molecule has 0 atom stereocenters. The molecule has 0 spiro atoms. The van der Waals surface area contributed by atoms with E-state index in [2.05, 4.69) is 11.2 Å². The maximum Gasteiger partial charge on any atom is 2.00 e. The number of rotatable bonds is 1. The number of amides is 1. The minimum absolute atomic E-state index is 0. The molecule has 1 aliphatic rings. The Balaban J connectivity index is 0.000000316. The van der Waals surface area contributed by atoms with Crippen LogP contribution in [0.25, 0.3) is 5.73 Å². The molecule has 2 rings (SSSR count). The first-order valence-electron chi connectivity index (χ1n) is 5.59. The number of carbonyl (C=O) groups is 1. The summed E-state index contributed by atoms with van der Waals surface area (Å²) in [5.41, 5.74) is 6.45. The Morgan fingerprint density at radius 3 is 2.06 bits per heavy atom. The zero-order chi connectivity index (χ0) is 11.6. The smallest absolute Gasteiger partial charge is 0.631 e. The Morgan fingerprint density at radius 2 is 1.71 bits per heavy atom. The van der Waals surface area contributed by atoms with E-state index in [0.29, 0.717) is 5.75 Å². The minimum Gasteiger partial charge on any atom is -0.631 e. The van der Waals surface area contributed by atoms with Crippen LogP contribution in [0.4, 0.5) is 4.79 Å². The van der Waals surface area contributed by atoms with Crippen LogP contribution in [0.15, 0.2) is 30.3 Å². The van der Waals surface area contributed by atoms with E-state index in [4.69, 9.17) is 5.73 Å². The van der Waals surface area contributed by atoms with Crippen molar-refractivity contribution in [1.29, 1.82) is 0 Å². The van der Waals surface area contributed by atoms with Crippen molar-refractivity contribution >= 4 is 6.09 Å². The Hall–Kier alpha value is -0.458. The molecule has 0 bridgehead atoms. The van der Waals surface area contributed by atoms with Gasteiger partial charge in [0.05, 0.1) is 0 Å². The summed E-state index contributed by atoms with van der Waals surface area (Å²) in [4.78, 5) is 10.1. The molecule has 1 fully saturated rings. The van der Waals surface area contributed by atoms with Gasteiger partial charge < -0.3 is 16.9 Å². The predicted molar refractivity (Wildman–Crippen MR) is 64.2 cm³/mol. The molecule has 1 aromatic rings.